The van der Waals surface area contributed by atoms with Gasteiger partial charge >= 0.3 is 5.69 Å². The molecule has 0 aromatic carbocycles. The smallest absolute Gasteiger partial charge is 0.305 e. The van der Waals surface area contributed by atoms with Crippen molar-refractivity contribution in [1.29, 1.82) is 0 Å². The first-order valence-electron chi connectivity index (χ1n) is 7.64. The van der Waals surface area contributed by atoms with Crippen LogP contribution < -0.4 is 5.32 Å². The number of nitrogens with one attached hydrogen (secondary N) is 1. The Morgan fingerprint density at radius 1 is 1.37 bits per heavy atom. The van der Waals surface area contributed by atoms with E-state index in [2.05, 4.69) is 15.4 Å². The van der Waals surface area contributed by atoms with Crippen molar-refractivity contribution in [3.8, 4) is 0 Å². The van der Waals surface area contributed by atoms with Crippen molar-refractivity contribution in [2.24, 2.45) is 0 Å². The third kappa shape index (κ3) is 4.10. The van der Waals surface area contributed by atoms with Gasteiger partial charge in [-0.2, -0.15) is 5.10 Å². The van der Waals surface area contributed by atoms with Crippen LogP contribution in [0.2, 0.25) is 10.0 Å². The first-order chi connectivity index (χ1) is 12.8. The molecular formula is C16H13Cl2N5O3S. The van der Waals surface area contributed by atoms with Crippen molar-refractivity contribution in [2.45, 2.75) is 20.4 Å². The van der Waals surface area contributed by atoms with Gasteiger partial charge in [0.05, 0.1) is 26.4 Å². The maximum absolute atomic E-state index is 12.4. The van der Waals surface area contributed by atoms with E-state index in [1.807, 2.05) is 0 Å². The number of nitro groups is 1. The third-order valence-electron chi connectivity index (χ3n) is 3.78. The number of halogens is 2. The predicted molar refractivity (Wildman–Crippen MR) is 104 cm³/mol. The van der Waals surface area contributed by atoms with Gasteiger partial charge in [-0.3, -0.25) is 19.6 Å². The van der Waals surface area contributed by atoms with Gasteiger partial charge in [0.1, 0.15) is 11.4 Å². The molecule has 0 radical (unpaired) electrons. The van der Waals surface area contributed by atoms with E-state index in [1.165, 1.54) is 23.6 Å². The number of anilines is 1. The monoisotopic (exact) mass is 425 g/mol. The van der Waals surface area contributed by atoms with E-state index in [-0.39, 0.29) is 22.4 Å². The van der Waals surface area contributed by atoms with Crippen molar-refractivity contribution >= 4 is 52.0 Å². The molecule has 0 atom stereocenters. The fourth-order valence-corrected chi connectivity index (χ4v) is 3.76. The summed E-state index contributed by atoms with van der Waals surface area (Å²) in [7, 11) is 0. The lowest BCUT2D eigenvalue weighted by Gasteiger charge is -2.05. The van der Waals surface area contributed by atoms with Crippen LogP contribution in [0.3, 0.4) is 0 Å². The Morgan fingerprint density at radius 2 is 2.11 bits per heavy atom. The minimum Gasteiger partial charge on any atom is -0.305 e. The zero-order valence-electron chi connectivity index (χ0n) is 14.2. The Morgan fingerprint density at radius 3 is 2.74 bits per heavy atom. The van der Waals surface area contributed by atoms with Gasteiger partial charge < -0.3 is 5.32 Å². The van der Waals surface area contributed by atoms with Crippen LogP contribution in [-0.4, -0.2) is 25.6 Å². The first-order valence-corrected chi connectivity index (χ1v) is 9.28. The average molecular weight is 426 g/mol. The van der Waals surface area contributed by atoms with Crippen LogP contribution >= 0.6 is 34.5 Å². The maximum atomic E-state index is 12.4. The molecule has 3 aromatic rings. The van der Waals surface area contributed by atoms with Gasteiger partial charge in [0, 0.05) is 6.20 Å². The number of pyridine rings is 1. The van der Waals surface area contributed by atoms with Gasteiger partial charge in [-0.25, -0.2) is 4.98 Å². The number of hydrogen-bond donors (Lipinski definition) is 1. The van der Waals surface area contributed by atoms with E-state index in [0.717, 1.165) is 5.56 Å². The van der Waals surface area contributed by atoms with Gasteiger partial charge in [-0.05, 0) is 36.9 Å². The standard InChI is InChI=1S/C16H13Cl2N5O3S/c1-8-14(23(25)26)9(2)22(21-8)6-10-3-13(27-7-10)16(24)20-15-12(18)4-11(17)5-19-15/h3-5,7H,6H2,1-2H3,(H,19,20,24). The highest BCUT2D eigenvalue weighted by Crippen LogP contribution is 2.26. The van der Waals surface area contributed by atoms with Gasteiger partial charge in [-0.1, -0.05) is 23.2 Å². The molecule has 8 nitrogen and oxygen atoms in total. The number of carbonyl (C=O) groups is 1. The molecule has 0 saturated heterocycles. The quantitative estimate of drug-likeness (QED) is 0.479. The van der Waals surface area contributed by atoms with Crippen molar-refractivity contribution in [2.75, 3.05) is 5.32 Å². The molecule has 0 spiro atoms. The number of aryl methyl sites for hydroxylation is 1. The van der Waals surface area contributed by atoms with Gasteiger partial charge in [-0.15, -0.1) is 11.3 Å². The molecule has 3 heterocycles. The van der Waals surface area contributed by atoms with E-state index in [1.54, 1.807) is 30.0 Å². The van der Waals surface area contributed by atoms with Crippen LogP contribution in [0.15, 0.2) is 23.7 Å². The summed E-state index contributed by atoms with van der Waals surface area (Å²) in [5.74, 6) is -0.141. The Balaban J connectivity index is 1.76. The molecule has 0 fully saturated rings. The predicted octanol–water partition coefficient (Wildman–Crippen LogP) is 4.47. The zero-order valence-corrected chi connectivity index (χ0v) is 16.5. The van der Waals surface area contributed by atoms with Crippen LogP contribution in [0, 0.1) is 24.0 Å². The summed E-state index contributed by atoms with van der Waals surface area (Å²) in [4.78, 5) is 27.5. The second kappa shape index (κ2) is 7.63. The van der Waals surface area contributed by atoms with Crippen molar-refractivity contribution in [3.63, 3.8) is 0 Å². The molecule has 0 aliphatic rings. The average Bonchev–Trinajstić information content (AvgIpc) is 3.15. The summed E-state index contributed by atoms with van der Waals surface area (Å²) >= 11 is 13.0. The molecule has 3 rings (SSSR count). The molecule has 0 bridgehead atoms. The Kier molecular flexibility index (Phi) is 5.45. The largest absolute Gasteiger partial charge is 0.312 e. The highest BCUT2D eigenvalue weighted by molar-refractivity contribution is 7.12. The Bertz CT molecular complexity index is 1050. The Hall–Kier alpha value is -2.49. The van der Waals surface area contributed by atoms with Crippen molar-refractivity contribution in [1.82, 2.24) is 14.8 Å². The minimum absolute atomic E-state index is 0.00616. The third-order valence-corrected chi connectivity index (χ3v) is 5.25. The van der Waals surface area contributed by atoms with E-state index < -0.39 is 4.92 Å². The maximum Gasteiger partial charge on any atom is 0.312 e. The first kappa shape index (κ1) is 19.3. The topological polar surface area (TPSA) is 103 Å². The highest BCUT2D eigenvalue weighted by atomic mass is 35.5. The lowest BCUT2D eigenvalue weighted by atomic mass is 10.3. The van der Waals surface area contributed by atoms with Crippen LogP contribution in [0.4, 0.5) is 11.5 Å². The summed E-state index contributed by atoms with van der Waals surface area (Å²) in [6.07, 6.45) is 1.39. The Labute approximate surface area is 167 Å². The van der Waals surface area contributed by atoms with E-state index in [0.29, 0.717) is 27.8 Å². The lowest BCUT2D eigenvalue weighted by molar-refractivity contribution is -0.386. The van der Waals surface area contributed by atoms with E-state index in [9.17, 15) is 14.9 Å². The SMILES string of the molecule is Cc1nn(Cc2csc(C(=O)Nc3ncc(Cl)cc3Cl)c2)c(C)c1[N+](=O)[O-]. The summed E-state index contributed by atoms with van der Waals surface area (Å²) in [5.41, 5.74) is 1.63. The number of aromatic nitrogens is 3. The highest BCUT2D eigenvalue weighted by Gasteiger charge is 2.22. The van der Waals surface area contributed by atoms with Gasteiger partial charge in [0.2, 0.25) is 0 Å². The number of amides is 1. The van der Waals surface area contributed by atoms with Crippen LogP contribution in [0.25, 0.3) is 0 Å². The number of carbonyl (C=O) groups excluding carboxylic acids is 1. The molecule has 140 valence electrons. The molecule has 0 saturated carbocycles. The normalized spacial score (nSPS) is 10.8. The van der Waals surface area contributed by atoms with Crippen LogP contribution in [0.5, 0.6) is 0 Å². The van der Waals surface area contributed by atoms with Crippen LogP contribution in [0.1, 0.15) is 26.6 Å². The van der Waals surface area contributed by atoms with Gasteiger partial charge in [0.25, 0.3) is 5.91 Å². The second-order valence-corrected chi connectivity index (χ2v) is 7.45. The molecular weight excluding hydrogens is 413 g/mol. The lowest BCUT2D eigenvalue weighted by Crippen LogP contribution is -2.12. The molecule has 3 aromatic heterocycles. The summed E-state index contributed by atoms with van der Waals surface area (Å²) in [6.45, 7) is 3.56. The molecule has 0 aliphatic heterocycles. The molecule has 27 heavy (non-hydrogen) atoms. The molecule has 1 amide bonds. The summed E-state index contributed by atoms with van der Waals surface area (Å²) in [5, 5.41) is 20.3. The number of thiophene rings is 1. The second-order valence-electron chi connectivity index (χ2n) is 5.69. The molecule has 0 unspecified atom stereocenters. The van der Waals surface area contributed by atoms with Crippen molar-refractivity contribution < 1.29 is 9.72 Å². The minimum atomic E-state index is -0.441. The number of nitrogens with zero attached hydrogens (tertiary/aromatic N) is 4. The number of rotatable bonds is 5. The summed E-state index contributed by atoms with van der Waals surface area (Å²) in [6, 6.07) is 3.19. The molecule has 1 N–H and O–H groups in total. The number of hydrogen-bond acceptors (Lipinski definition) is 6. The van der Waals surface area contributed by atoms with Gasteiger partial charge in [0.15, 0.2) is 5.82 Å². The fourth-order valence-electron chi connectivity index (χ4n) is 2.53. The van der Waals surface area contributed by atoms with Crippen molar-refractivity contribution in [3.05, 3.63) is 65.7 Å². The van der Waals surface area contributed by atoms with Crippen LogP contribution in [-0.2, 0) is 6.54 Å². The molecule has 11 heteroatoms. The zero-order chi connectivity index (χ0) is 19.7. The summed E-state index contributed by atoms with van der Waals surface area (Å²) < 4.78 is 1.55. The molecule has 0 aliphatic carbocycles. The van der Waals surface area contributed by atoms with E-state index in [4.69, 9.17) is 23.2 Å². The fraction of sp³-hybridized carbons (Fsp3) is 0.188. The van der Waals surface area contributed by atoms with E-state index >= 15 is 0 Å².